The van der Waals surface area contributed by atoms with Gasteiger partial charge in [0.2, 0.25) is 10.0 Å². The monoisotopic (exact) mass is 578 g/mol. The fraction of sp³-hybridized carbons (Fsp3) is 0.321. The van der Waals surface area contributed by atoms with E-state index in [1.165, 1.54) is 64.7 Å². The molecule has 0 saturated heterocycles. The Morgan fingerprint density at radius 2 is 1.65 bits per heavy atom. The zero-order valence-electron chi connectivity index (χ0n) is 22.4. The molecule has 0 fully saturated rings. The lowest BCUT2D eigenvalue weighted by Gasteiger charge is -2.37. The van der Waals surface area contributed by atoms with Crippen molar-refractivity contribution in [2.24, 2.45) is 0 Å². The van der Waals surface area contributed by atoms with Gasteiger partial charge in [0.05, 0.1) is 30.7 Å². The first kappa shape index (κ1) is 29.2. The second kappa shape index (κ2) is 11.4. The van der Waals surface area contributed by atoms with Crippen molar-refractivity contribution < 1.29 is 40.6 Å². The SMILES string of the molecule is COc1cc2c(cc1OC)[C@H](COc1cccc(C(F)(F)F)c1)N(C(=O)c1ccc(S(=O)(=O)N(C)C)cc1)CC2. The summed E-state index contributed by atoms with van der Waals surface area (Å²) in [5.41, 5.74) is 0.995. The number of hydrogen-bond donors (Lipinski definition) is 0. The fourth-order valence-corrected chi connectivity index (χ4v) is 5.44. The molecular formula is C28H29F3N2O6S. The van der Waals surface area contributed by atoms with E-state index in [2.05, 4.69) is 0 Å². The smallest absolute Gasteiger partial charge is 0.416 e. The summed E-state index contributed by atoms with van der Waals surface area (Å²) >= 11 is 0. The number of rotatable bonds is 8. The Labute approximate surface area is 230 Å². The van der Waals surface area contributed by atoms with Crippen LogP contribution in [0.2, 0.25) is 0 Å². The molecule has 40 heavy (non-hydrogen) atoms. The van der Waals surface area contributed by atoms with E-state index in [4.69, 9.17) is 14.2 Å². The van der Waals surface area contributed by atoms with Gasteiger partial charge < -0.3 is 19.1 Å². The number of halogens is 3. The number of sulfonamides is 1. The number of amides is 1. The van der Waals surface area contributed by atoms with E-state index in [1.807, 2.05) is 6.07 Å². The summed E-state index contributed by atoms with van der Waals surface area (Å²) in [5, 5.41) is 0. The van der Waals surface area contributed by atoms with Gasteiger partial charge in [-0.05, 0) is 72.1 Å². The molecule has 1 amide bonds. The van der Waals surface area contributed by atoms with Gasteiger partial charge >= 0.3 is 6.18 Å². The lowest BCUT2D eigenvalue weighted by Crippen LogP contribution is -2.42. The molecule has 3 aromatic rings. The number of hydrogen-bond acceptors (Lipinski definition) is 6. The standard InChI is InChI=1S/C28H29F3N2O6S/c1-32(2)40(35,36)22-10-8-18(9-11-22)27(34)33-13-12-19-14-25(37-3)26(38-4)16-23(19)24(33)17-39-21-7-5-6-20(15-21)28(29,30)31/h5-11,14-16,24H,12-13,17H2,1-4H3/t24-/m0/s1. The highest BCUT2D eigenvalue weighted by molar-refractivity contribution is 7.89. The molecule has 0 spiro atoms. The van der Waals surface area contributed by atoms with Crippen molar-refractivity contribution in [1.82, 2.24) is 9.21 Å². The Morgan fingerprint density at radius 1 is 1.00 bits per heavy atom. The van der Waals surface area contributed by atoms with Gasteiger partial charge in [-0.3, -0.25) is 4.79 Å². The molecule has 1 aliphatic heterocycles. The van der Waals surface area contributed by atoms with E-state index < -0.39 is 27.8 Å². The summed E-state index contributed by atoms with van der Waals surface area (Å²) in [7, 11) is 2.14. The van der Waals surface area contributed by atoms with Crippen molar-refractivity contribution in [3.8, 4) is 17.2 Å². The molecule has 0 aromatic heterocycles. The first-order valence-electron chi connectivity index (χ1n) is 12.2. The van der Waals surface area contributed by atoms with Crippen LogP contribution in [0.1, 0.15) is 33.1 Å². The normalized spacial score (nSPS) is 15.5. The highest BCUT2D eigenvalue weighted by atomic mass is 32.2. The Morgan fingerprint density at radius 3 is 2.25 bits per heavy atom. The molecule has 1 aliphatic rings. The second-order valence-corrected chi connectivity index (χ2v) is 11.5. The van der Waals surface area contributed by atoms with Gasteiger partial charge in [0.1, 0.15) is 12.4 Å². The van der Waals surface area contributed by atoms with Gasteiger partial charge in [-0.1, -0.05) is 6.07 Å². The molecule has 1 atom stereocenters. The summed E-state index contributed by atoms with van der Waals surface area (Å²) in [6, 6.07) is 13.0. The highest BCUT2D eigenvalue weighted by Gasteiger charge is 2.34. The van der Waals surface area contributed by atoms with Crippen molar-refractivity contribution in [2.75, 3.05) is 41.5 Å². The Balaban J connectivity index is 1.69. The maximum Gasteiger partial charge on any atom is 0.416 e. The minimum Gasteiger partial charge on any atom is -0.493 e. The van der Waals surface area contributed by atoms with E-state index >= 15 is 0 Å². The van der Waals surface area contributed by atoms with Gasteiger partial charge in [0.25, 0.3) is 5.91 Å². The predicted molar refractivity (Wildman–Crippen MR) is 141 cm³/mol. The third kappa shape index (κ3) is 5.87. The lowest BCUT2D eigenvalue weighted by molar-refractivity contribution is -0.137. The van der Waals surface area contributed by atoms with E-state index in [1.54, 1.807) is 11.0 Å². The number of carbonyl (C=O) groups excluding carboxylic acids is 1. The molecule has 12 heteroatoms. The van der Waals surface area contributed by atoms with Gasteiger partial charge in [-0.2, -0.15) is 13.2 Å². The van der Waals surface area contributed by atoms with Crippen molar-refractivity contribution in [3.05, 3.63) is 82.9 Å². The van der Waals surface area contributed by atoms with Crippen LogP contribution in [-0.4, -0.2) is 65.0 Å². The Hall–Kier alpha value is -3.77. The topological polar surface area (TPSA) is 85.4 Å². The molecule has 3 aromatic carbocycles. The van der Waals surface area contributed by atoms with Crippen LogP contribution in [0.3, 0.4) is 0 Å². The third-order valence-corrected chi connectivity index (χ3v) is 8.54. The summed E-state index contributed by atoms with van der Waals surface area (Å²) in [4.78, 5) is 15.3. The van der Waals surface area contributed by atoms with Crippen LogP contribution >= 0.6 is 0 Å². The van der Waals surface area contributed by atoms with Crippen LogP contribution < -0.4 is 14.2 Å². The molecular weight excluding hydrogens is 549 g/mol. The zero-order chi connectivity index (χ0) is 29.2. The van der Waals surface area contributed by atoms with Gasteiger partial charge in [-0.25, -0.2) is 12.7 Å². The van der Waals surface area contributed by atoms with Crippen LogP contribution in [0.25, 0.3) is 0 Å². The molecule has 4 rings (SSSR count). The molecule has 0 aliphatic carbocycles. The maximum absolute atomic E-state index is 13.7. The predicted octanol–water partition coefficient (Wildman–Crippen LogP) is 4.79. The molecule has 0 radical (unpaired) electrons. The van der Waals surface area contributed by atoms with Crippen LogP contribution in [-0.2, 0) is 22.6 Å². The second-order valence-electron chi connectivity index (χ2n) is 9.32. The fourth-order valence-electron chi connectivity index (χ4n) is 4.53. The molecule has 0 saturated carbocycles. The number of nitrogens with zero attached hydrogens (tertiary/aromatic N) is 2. The van der Waals surface area contributed by atoms with E-state index in [0.29, 0.717) is 23.5 Å². The lowest BCUT2D eigenvalue weighted by atomic mass is 9.91. The zero-order valence-corrected chi connectivity index (χ0v) is 23.2. The molecule has 0 N–H and O–H groups in total. The van der Waals surface area contributed by atoms with Crippen LogP contribution in [0.15, 0.2) is 65.6 Å². The van der Waals surface area contributed by atoms with Crippen LogP contribution in [0.4, 0.5) is 13.2 Å². The molecule has 1 heterocycles. The average molecular weight is 579 g/mol. The number of carbonyl (C=O) groups is 1. The van der Waals surface area contributed by atoms with Crippen molar-refractivity contribution in [1.29, 1.82) is 0 Å². The summed E-state index contributed by atoms with van der Waals surface area (Å²) in [5.74, 6) is 0.564. The maximum atomic E-state index is 13.7. The minimum atomic E-state index is -4.53. The van der Waals surface area contributed by atoms with Crippen molar-refractivity contribution in [3.63, 3.8) is 0 Å². The minimum absolute atomic E-state index is 0.00747. The Kier molecular flexibility index (Phi) is 8.31. The first-order chi connectivity index (χ1) is 18.9. The summed E-state index contributed by atoms with van der Waals surface area (Å²) in [6.07, 6.45) is -4.05. The Bertz CT molecular complexity index is 1490. The number of methoxy groups -OCH3 is 2. The number of fused-ring (bicyclic) bond motifs is 1. The quantitative estimate of drug-likeness (QED) is 0.382. The van der Waals surface area contributed by atoms with Crippen LogP contribution in [0, 0.1) is 0 Å². The van der Waals surface area contributed by atoms with Gasteiger partial charge in [0.15, 0.2) is 11.5 Å². The van der Waals surface area contributed by atoms with Crippen LogP contribution in [0.5, 0.6) is 17.2 Å². The molecule has 8 nitrogen and oxygen atoms in total. The molecule has 0 bridgehead atoms. The number of benzene rings is 3. The van der Waals surface area contributed by atoms with E-state index in [9.17, 15) is 26.4 Å². The van der Waals surface area contributed by atoms with Gasteiger partial charge in [0, 0.05) is 26.2 Å². The summed E-state index contributed by atoms with van der Waals surface area (Å²) < 4.78 is 82.4. The molecule has 214 valence electrons. The number of ether oxygens (including phenoxy) is 3. The number of alkyl halides is 3. The van der Waals surface area contributed by atoms with Gasteiger partial charge in [-0.15, -0.1) is 0 Å². The average Bonchev–Trinajstić information content (AvgIpc) is 2.94. The third-order valence-electron chi connectivity index (χ3n) is 6.71. The highest BCUT2D eigenvalue weighted by Crippen LogP contribution is 2.39. The summed E-state index contributed by atoms with van der Waals surface area (Å²) in [6.45, 7) is 0.151. The van der Waals surface area contributed by atoms with Crippen molar-refractivity contribution in [2.45, 2.75) is 23.5 Å². The first-order valence-corrected chi connectivity index (χ1v) is 13.7. The van der Waals surface area contributed by atoms with Crippen molar-refractivity contribution >= 4 is 15.9 Å². The molecule has 0 unspecified atom stereocenters. The van der Waals surface area contributed by atoms with E-state index in [0.717, 1.165) is 22.0 Å². The largest absolute Gasteiger partial charge is 0.493 e. The van der Waals surface area contributed by atoms with E-state index in [-0.39, 0.29) is 35.3 Å².